The Kier molecular flexibility index (Phi) is 7.79. The molecule has 0 atom stereocenters. The Hall–Kier alpha value is -0.510. The number of hydrogen-bond acceptors (Lipinski definition) is 3. The molecular formula is C9H12ClNOS. The Morgan fingerprint density at radius 1 is 1.46 bits per heavy atom. The minimum absolute atomic E-state index is 0.658. The van der Waals surface area contributed by atoms with Gasteiger partial charge in [-0.3, -0.25) is 4.79 Å². The molecule has 72 valence electrons. The fourth-order valence-electron chi connectivity index (χ4n) is 0.636. The Morgan fingerprint density at radius 2 is 2.08 bits per heavy atom. The number of halogens is 1. The van der Waals surface area contributed by atoms with Crippen molar-refractivity contribution in [1.82, 2.24) is 5.32 Å². The summed E-state index contributed by atoms with van der Waals surface area (Å²) >= 11 is 0. The highest BCUT2D eigenvalue weighted by Gasteiger charge is 1.91. The molecule has 1 aromatic carbocycles. The number of benzene rings is 1. The molecule has 0 aliphatic carbocycles. The maximum Gasteiger partial charge on any atom is 0.150 e. The predicted octanol–water partition coefficient (Wildman–Crippen LogP) is 2.58. The zero-order valence-electron chi connectivity index (χ0n) is 7.58. The largest absolute Gasteiger partial charge is 0.323 e. The van der Waals surface area contributed by atoms with Gasteiger partial charge in [-0.2, -0.15) is 0 Å². The smallest absolute Gasteiger partial charge is 0.150 e. The van der Waals surface area contributed by atoms with Crippen molar-refractivity contribution in [2.75, 3.05) is 14.1 Å². The van der Waals surface area contributed by atoms with Crippen LogP contribution in [0.1, 0.15) is 10.4 Å². The first-order chi connectivity index (χ1) is 6.28. The van der Waals surface area contributed by atoms with Crippen LogP contribution in [0.15, 0.2) is 29.2 Å². The second kappa shape index (κ2) is 8.10. The van der Waals surface area contributed by atoms with Gasteiger partial charge in [0.15, 0.2) is 0 Å². The van der Waals surface area contributed by atoms with Crippen LogP contribution in [0.3, 0.4) is 0 Å². The molecule has 0 aromatic heterocycles. The van der Waals surface area contributed by atoms with Crippen LogP contribution in [-0.4, -0.2) is 20.4 Å². The van der Waals surface area contributed by atoms with E-state index >= 15 is 0 Å². The molecule has 0 unspecified atom stereocenters. The van der Waals surface area contributed by atoms with Crippen LogP contribution in [0.5, 0.6) is 0 Å². The van der Waals surface area contributed by atoms with Gasteiger partial charge in [0.05, 0.1) is 0 Å². The molecule has 2 nitrogen and oxygen atoms in total. The van der Waals surface area contributed by atoms with Crippen LogP contribution < -0.4 is 5.32 Å². The highest BCUT2D eigenvalue weighted by molar-refractivity contribution is 8.21. The van der Waals surface area contributed by atoms with E-state index in [1.54, 1.807) is 18.2 Å². The molecule has 0 bridgehead atoms. The van der Waals surface area contributed by atoms with Gasteiger partial charge >= 0.3 is 0 Å². The number of carbonyl (C=O) groups excluding carboxylic acids is 1. The lowest BCUT2D eigenvalue weighted by atomic mass is 10.2. The average Bonchev–Trinajstić information content (AvgIpc) is 2.19. The summed E-state index contributed by atoms with van der Waals surface area (Å²) in [6.07, 6.45) is 0.802. The molecule has 0 spiro atoms. The van der Waals surface area contributed by atoms with Crippen molar-refractivity contribution in [2.45, 2.75) is 4.90 Å². The minimum Gasteiger partial charge on any atom is -0.323 e. The Labute approximate surface area is 87.2 Å². The third-order valence-corrected chi connectivity index (χ3v) is 2.05. The van der Waals surface area contributed by atoms with E-state index in [9.17, 15) is 4.79 Å². The number of rotatable bonds is 2. The van der Waals surface area contributed by atoms with E-state index < -0.39 is 0 Å². The fourth-order valence-corrected chi connectivity index (χ4v) is 1.23. The van der Waals surface area contributed by atoms with Crippen molar-refractivity contribution in [1.29, 1.82) is 0 Å². The lowest BCUT2D eigenvalue weighted by Gasteiger charge is -1.92. The van der Waals surface area contributed by atoms with Gasteiger partial charge in [0.2, 0.25) is 0 Å². The van der Waals surface area contributed by atoms with E-state index in [-0.39, 0.29) is 0 Å². The molecule has 0 aliphatic heterocycles. The van der Waals surface area contributed by atoms with Crippen molar-refractivity contribution in [2.24, 2.45) is 0 Å². The molecule has 0 fully saturated rings. The monoisotopic (exact) mass is 217 g/mol. The summed E-state index contributed by atoms with van der Waals surface area (Å²) in [5.74, 6) is 0. The summed E-state index contributed by atoms with van der Waals surface area (Å²) in [6.45, 7) is 0. The van der Waals surface area contributed by atoms with Crippen LogP contribution in [0.4, 0.5) is 0 Å². The van der Waals surface area contributed by atoms with Crippen LogP contribution in [0.25, 0.3) is 0 Å². The topological polar surface area (TPSA) is 29.1 Å². The van der Waals surface area contributed by atoms with Gasteiger partial charge in [-0.1, -0.05) is 12.1 Å². The lowest BCUT2D eigenvalue weighted by Crippen LogP contribution is -1.89. The highest BCUT2D eigenvalue weighted by Crippen LogP contribution is 2.21. The molecular weight excluding hydrogens is 206 g/mol. The van der Waals surface area contributed by atoms with E-state index in [1.807, 2.05) is 20.2 Å². The first kappa shape index (κ1) is 12.5. The Balaban J connectivity index is 0.000000424. The van der Waals surface area contributed by atoms with E-state index in [1.165, 1.54) is 0 Å². The van der Waals surface area contributed by atoms with Crippen LogP contribution >= 0.6 is 21.7 Å². The molecule has 1 rings (SSSR count). The second-order valence-corrected chi connectivity index (χ2v) is 3.36. The van der Waals surface area contributed by atoms with Crippen molar-refractivity contribution >= 4 is 27.9 Å². The Bertz CT molecular complexity index is 255. The molecule has 0 saturated heterocycles. The van der Waals surface area contributed by atoms with Crippen molar-refractivity contribution in [3.63, 3.8) is 0 Å². The zero-order valence-corrected chi connectivity index (χ0v) is 9.15. The molecule has 0 saturated carbocycles. The number of aldehydes is 1. The summed E-state index contributed by atoms with van der Waals surface area (Å²) in [4.78, 5) is 11.1. The SMILES string of the molecule is CNC.O=Cc1cccc(SCl)c1. The van der Waals surface area contributed by atoms with Gasteiger partial charge in [-0.15, -0.1) is 0 Å². The van der Waals surface area contributed by atoms with Gasteiger partial charge < -0.3 is 5.32 Å². The van der Waals surface area contributed by atoms with Gasteiger partial charge in [0, 0.05) is 10.5 Å². The zero-order chi connectivity index (χ0) is 10.1. The first-order valence-electron chi connectivity index (χ1n) is 3.70. The summed E-state index contributed by atoms with van der Waals surface area (Å²) in [7, 11) is 10.3. The van der Waals surface area contributed by atoms with E-state index in [2.05, 4.69) is 5.32 Å². The first-order valence-corrected chi connectivity index (χ1v) is 5.35. The summed E-state index contributed by atoms with van der Waals surface area (Å²) in [6, 6.07) is 7.13. The number of hydrogen-bond donors (Lipinski definition) is 1. The highest BCUT2D eigenvalue weighted by atomic mass is 35.7. The molecule has 0 amide bonds. The van der Waals surface area contributed by atoms with E-state index in [0.717, 1.165) is 22.2 Å². The normalized spacial score (nSPS) is 8.54. The molecule has 13 heavy (non-hydrogen) atoms. The van der Waals surface area contributed by atoms with Crippen LogP contribution in [0.2, 0.25) is 0 Å². The third kappa shape index (κ3) is 5.69. The third-order valence-electron chi connectivity index (χ3n) is 1.08. The quantitative estimate of drug-likeness (QED) is 0.773. The molecule has 4 heteroatoms. The van der Waals surface area contributed by atoms with Crippen LogP contribution in [-0.2, 0) is 0 Å². The number of nitrogens with one attached hydrogen (secondary N) is 1. The van der Waals surface area contributed by atoms with E-state index in [0.29, 0.717) is 5.56 Å². The van der Waals surface area contributed by atoms with Gasteiger partial charge in [-0.25, -0.2) is 0 Å². The molecule has 0 aliphatic rings. The lowest BCUT2D eigenvalue weighted by molar-refractivity contribution is 0.112. The van der Waals surface area contributed by atoms with Crippen molar-refractivity contribution < 1.29 is 4.79 Å². The van der Waals surface area contributed by atoms with Crippen LogP contribution in [0, 0.1) is 0 Å². The predicted molar refractivity (Wildman–Crippen MR) is 58.5 cm³/mol. The minimum atomic E-state index is 0.658. The molecule has 1 aromatic rings. The average molecular weight is 218 g/mol. The number of carbonyl (C=O) groups is 1. The molecule has 1 N–H and O–H groups in total. The van der Waals surface area contributed by atoms with Crippen molar-refractivity contribution in [3.8, 4) is 0 Å². The molecule has 0 radical (unpaired) electrons. The summed E-state index contributed by atoms with van der Waals surface area (Å²) in [5.41, 5.74) is 0.658. The van der Waals surface area contributed by atoms with Crippen molar-refractivity contribution in [3.05, 3.63) is 29.8 Å². The standard InChI is InChI=1S/C7H5ClOS.C2H7N/c8-10-7-3-1-2-6(4-7)5-9;1-3-2/h1-5H;3H,1-2H3. The maximum absolute atomic E-state index is 10.2. The summed E-state index contributed by atoms with van der Waals surface area (Å²) in [5, 5.41) is 2.75. The van der Waals surface area contributed by atoms with E-state index in [4.69, 9.17) is 10.7 Å². The second-order valence-electron chi connectivity index (χ2n) is 2.27. The molecule has 0 heterocycles. The fraction of sp³-hybridized carbons (Fsp3) is 0.222. The Morgan fingerprint density at radius 3 is 2.54 bits per heavy atom. The van der Waals surface area contributed by atoms with Gasteiger partial charge in [0.1, 0.15) is 6.29 Å². The van der Waals surface area contributed by atoms with Gasteiger partial charge in [0.25, 0.3) is 0 Å². The van der Waals surface area contributed by atoms with Gasteiger partial charge in [-0.05, 0) is 47.9 Å². The summed E-state index contributed by atoms with van der Waals surface area (Å²) < 4.78 is 0. The maximum atomic E-state index is 10.2.